The molecule has 102 valence electrons. The minimum Gasteiger partial charge on any atom is -0.380 e. The highest BCUT2D eigenvalue weighted by Crippen LogP contribution is 2.35. The van der Waals surface area contributed by atoms with Crippen molar-refractivity contribution in [3.63, 3.8) is 0 Å². The average Bonchev–Trinajstić information content (AvgIpc) is 2.32. The van der Waals surface area contributed by atoms with E-state index in [-0.39, 0.29) is 0 Å². The van der Waals surface area contributed by atoms with Gasteiger partial charge >= 0.3 is 0 Å². The Hall–Kier alpha value is -0.0800. The fraction of sp³-hybridized carbons (Fsp3) is 1.00. The third-order valence-electron chi connectivity index (χ3n) is 4.32. The SMILES string of the molecule is CCCOCC(NCC)C1CCC(C)C(C)C1. The van der Waals surface area contributed by atoms with Crippen molar-refractivity contribution in [2.24, 2.45) is 17.8 Å². The maximum absolute atomic E-state index is 5.75. The van der Waals surface area contributed by atoms with Gasteiger partial charge in [0, 0.05) is 12.6 Å². The summed E-state index contributed by atoms with van der Waals surface area (Å²) in [5, 5.41) is 3.62. The van der Waals surface area contributed by atoms with Crippen molar-refractivity contribution < 1.29 is 4.74 Å². The first-order valence-electron chi connectivity index (χ1n) is 7.50. The highest BCUT2D eigenvalue weighted by Gasteiger charge is 2.29. The van der Waals surface area contributed by atoms with Gasteiger partial charge in [-0.3, -0.25) is 0 Å². The standard InChI is InChI=1S/C15H31NO/c1-5-9-17-11-15(16-6-2)14-8-7-12(3)13(4)10-14/h12-16H,5-11H2,1-4H3. The van der Waals surface area contributed by atoms with Crippen molar-refractivity contribution in [3.8, 4) is 0 Å². The molecule has 17 heavy (non-hydrogen) atoms. The molecule has 0 spiro atoms. The zero-order chi connectivity index (χ0) is 12.7. The van der Waals surface area contributed by atoms with Crippen LogP contribution in [0.15, 0.2) is 0 Å². The second-order valence-electron chi connectivity index (χ2n) is 5.77. The van der Waals surface area contributed by atoms with Gasteiger partial charge in [0.25, 0.3) is 0 Å². The Bertz CT molecular complexity index is 195. The topological polar surface area (TPSA) is 21.3 Å². The minimum atomic E-state index is 0.571. The zero-order valence-corrected chi connectivity index (χ0v) is 12.2. The number of likely N-dealkylation sites (N-methyl/N-ethyl adjacent to an activating group) is 1. The largest absolute Gasteiger partial charge is 0.380 e. The maximum atomic E-state index is 5.75. The molecule has 1 aliphatic carbocycles. The van der Waals surface area contributed by atoms with Gasteiger partial charge in [0.1, 0.15) is 0 Å². The molecule has 1 fully saturated rings. The van der Waals surface area contributed by atoms with Crippen LogP contribution in [0.1, 0.15) is 53.4 Å². The van der Waals surface area contributed by atoms with E-state index in [1.165, 1.54) is 19.3 Å². The molecular weight excluding hydrogens is 210 g/mol. The molecule has 0 saturated heterocycles. The van der Waals surface area contributed by atoms with Crippen LogP contribution in [0.2, 0.25) is 0 Å². The Morgan fingerprint density at radius 2 is 1.94 bits per heavy atom. The van der Waals surface area contributed by atoms with Crippen molar-refractivity contribution in [1.29, 1.82) is 0 Å². The van der Waals surface area contributed by atoms with Gasteiger partial charge in [-0.05, 0) is 43.6 Å². The highest BCUT2D eigenvalue weighted by molar-refractivity contribution is 4.83. The first-order valence-corrected chi connectivity index (χ1v) is 7.50. The Morgan fingerprint density at radius 3 is 2.53 bits per heavy atom. The molecule has 0 radical (unpaired) electrons. The van der Waals surface area contributed by atoms with E-state index in [1.807, 2.05) is 0 Å². The lowest BCUT2D eigenvalue weighted by Gasteiger charge is -2.37. The number of hydrogen-bond donors (Lipinski definition) is 1. The lowest BCUT2D eigenvalue weighted by atomic mass is 9.73. The second-order valence-corrected chi connectivity index (χ2v) is 5.77. The fourth-order valence-electron chi connectivity index (χ4n) is 2.93. The summed E-state index contributed by atoms with van der Waals surface area (Å²) in [7, 11) is 0. The van der Waals surface area contributed by atoms with Crippen molar-refractivity contribution in [3.05, 3.63) is 0 Å². The third kappa shape index (κ3) is 4.97. The normalized spacial score (nSPS) is 31.4. The van der Waals surface area contributed by atoms with Crippen LogP contribution in [0.4, 0.5) is 0 Å². The lowest BCUT2D eigenvalue weighted by molar-refractivity contribution is 0.0716. The molecule has 0 heterocycles. The number of rotatable bonds is 7. The number of ether oxygens (including phenoxy) is 1. The first-order chi connectivity index (χ1) is 8.19. The third-order valence-corrected chi connectivity index (χ3v) is 4.32. The molecule has 4 unspecified atom stereocenters. The van der Waals surface area contributed by atoms with Crippen LogP contribution >= 0.6 is 0 Å². The fourth-order valence-corrected chi connectivity index (χ4v) is 2.93. The minimum absolute atomic E-state index is 0.571. The molecule has 2 nitrogen and oxygen atoms in total. The molecule has 0 aromatic carbocycles. The van der Waals surface area contributed by atoms with Crippen LogP contribution in [0, 0.1) is 17.8 Å². The monoisotopic (exact) mass is 241 g/mol. The summed E-state index contributed by atoms with van der Waals surface area (Å²) in [4.78, 5) is 0. The quantitative estimate of drug-likeness (QED) is 0.689. The van der Waals surface area contributed by atoms with Gasteiger partial charge in [-0.1, -0.05) is 34.1 Å². The molecule has 0 aromatic heterocycles. The summed E-state index contributed by atoms with van der Waals surface area (Å²) in [6.45, 7) is 12.0. The van der Waals surface area contributed by atoms with Gasteiger partial charge < -0.3 is 10.1 Å². The molecule has 1 rings (SSSR count). The highest BCUT2D eigenvalue weighted by atomic mass is 16.5. The van der Waals surface area contributed by atoms with Gasteiger partial charge in [0.05, 0.1) is 6.61 Å². The molecule has 4 atom stereocenters. The summed E-state index contributed by atoms with van der Waals surface area (Å²) in [5.41, 5.74) is 0. The van der Waals surface area contributed by atoms with Gasteiger partial charge in [-0.2, -0.15) is 0 Å². The van der Waals surface area contributed by atoms with Crippen LogP contribution in [-0.2, 0) is 4.74 Å². The average molecular weight is 241 g/mol. The molecular formula is C15H31NO. The predicted molar refractivity (Wildman–Crippen MR) is 74.2 cm³/mol. The Kier molecular flexibility index (Phi) is 7.14. The van der Waals surface area contributed by atoms with Crippen LogP contribution in [0.3, 0.4) is 0 Å². The van der Waals surface area contributed by atoms with E-state index in [1.54, 1.807) is 0 Å². The van der Waals surface area contributed by atoms with Crippen molar-refractivity contribution in [2.75, 3.05) is 19.8 Å². The van der Waals surface area contributed by atoms with Crippen molar-refractivity contribution in [1.82, 2.24) is 5.32 Å². The van der Waals surface area contributed by atoms with Gasteiger partial charge in [0.2, 0.25) is 0 Å². The van der Waals surface area contributed by atoms with Crippen LogP contribution in [0.25, 0.3) is 0 Å². The molecule has 0 amide bonds. The van der Waals surface area contributed by atoms with Crippen LogP contribution in [-0.4, -0.2) is 25.8 Å². The lowest BCUT2D eigenvalue weighted by Crippen LogP contribution is -2.42. The Morgan fingerprint density at radius 1 is 1.18 bits per heavy atom. The molecule has 1 aliphatic rings. The van der Waals surface area contributed by atoms with E-state index >= 15 is 0 Å². The molecule has 2 heteroatoms. The summed E-state index contributed by atoms with van der Waals surface area (Å²) in [6, 6.07) is 0.571. The summed E-state index contributed by atoms with van der Waals surface area (Å²) >= 11 is 0. The van der Waals surface area contributed by atoms with Crippen LogP contribution in [0.5, 0.6) is 0 Å². The summed E-state index contributed by atoms with van der Waals surface area (Å²) in [6.07, 6.45) is 5.26. The Balaban J connectivity index is 2.40. The smallest absolute Gasteiger partial charge is 0.0622 e. The molecule has 1 N–H and O–H groups in total. The number of nitrogens with one attached hydrogen (secondary N) is 1. The van der Waals surface area contributed by atoms with Crippen molar-refractivity contribution in [2.45, 2.75) is 59.4 Å². The van der Waals surface area contributed by atoms with Gasteiger partial charge in [-0.25, -0.2) is 0 Å². The van der Waals surface area contributed by atoms with Gasteiger partial charge in [0.15, 0.2) is 0 Å². The first kappa shape index (κ1) is 15.0. The molecule has 0 aromatic rings. The van der Waals surface area contributed by atoms with Crippen molar-refractivity contribution >= 4 is 0 Å². The molecule has 1 saturated carbocycles. The summed E-state index contributed by atoms with van der Waals surface area (Å²) in [5.74, 6) is 2.60. The van der Waals surface area contributed by atoms with E-state index in [9.17, 15) is 0 Å². The predicted octanol–water partition coefficient (Wildman–Crippen LogP) is 3.46. The molecule has 0 bridgehead atoms. The van der Waals surface area contributed by atoms with Gasteiger partial charge in [-0.15, -0.1) is 0 Å². The van der Waals surface area contributed by atoms with E-state index in [0.29, 0.717) is 6.04 Å². The summed E-state index contributed by atoms with van der Waals surface area (Å²) < 4.78 is 5.75. The second kappa shape index (κ2) is 8.10. The van der Waals surface area contributed by atoms with E-state index in [4.69, 9.17) is 4.74 Å². The maximum Gasteiger partial charge on any atom is 0.0622 e. The number of hydrogen-bond acceptors (Lipinski definition) is 2. The zero-order valence-electron chi connectivity index (χ0n) is 12.2. The van der Waals surface area contributed by atoms with E-state index < -0.39 is 0 Å². The van der Waals surface area contributed by atoms with Crippen LogP contribution < -0.4 is 5.32 Å². The van der Waals surface area contributed by atoms with E-state index in [0.717, 1.165) is 43.9 Å². The molecule has 0 aliphatic heterocycles. The van der Waals surface area contributed by atoms with E-state index in [2.05, 4.69) is 33.0 Å². The Labute approximate surface area is 108 Å².